The molecule has 0 radical (unpaired) electrons. The zero-order valence-corrected chi connectivity index (χ0v) is 18.7. The van der Waals surface area contributed by atoms with Crippen LogP contribution in [0.25, 0.3) is 0 Å². The molecule has 6 nitrogen and oxygen atoms in total. The lowest BCUT2D eigenvalue weighted by Crippen LogP contribution is -2.32. The number of nitrogens with zero attached hydrogens (tertiary/aromatic N) is 1. The van der Waals surface area contributed by atoms with Crippen molar-refractivity contribution in [1.29, 1.82) is 0 Å². The highest BCUT2D eigenvalue weighted by molar-refractivity contribution is 5.45. The number of hydrogen-bond acceptors (Lipinski definition) is 6. The molecule has 0 heterocycles. The third-order valence-corrected chi connectivity index (χ3v) is 4.83. The van der Waals surface area contributed by atoms with E-state index in [-0.39, 0.29) is 5.75 Å². The molecule has 2 rings (SSSR count). The summed E-state index contributed by atoms with van der Waals surface area (Å²) in [6, 6.07) is 11.6. The molecule has 2 aromatic rings. The molecule has 0 fully saturated rings. The molecule has 0 saturated heterocycles. The van der Waals surface area contributed by atoms with E-state index in [2.05, 4.69) is 36.2 Å². The molecule has 0 unspecified atom stereocenters. The van der Waals surface area contributed by atoms with Gasteiger partial charge in [0.1, 0.15) is 0 Å². The van der Waals surface area contributed by atoms with Crippen LogP contribution in [0.2, 0.25) is 0 Å². The smallest absolute Gasteiger partial charge is 0.162 e. The highest BCUT2D eigenvalue weighted by atomic mass is 16.5. The minimum absolute atomic E-state index is 0.194. The van der Waals surface area contributed by atoms with E-state index in [1.807, 2.05) is 24.3 Å². The van der Waals surface area contributed by atoms with Crippen LogP contribution in [0.15, 0.2) is 48.0 Å². The molecule has 164 valence electrons. The summed E-state index contributed by atoms with van der Waals surface area (Å²) in [4.78, 5) is 2.37. The Morgan fingerprint density at radius 3 is 2.40 bits per heavy atom. The maximum absolute atomic E-state index is 10.2. The summed E-state index contributed by atoms with van der Waals surface area (Å²) in [7, 11) is 4.85. The average Bonchev–Trinajstić information content (AvgIpc) is 2.75. The molecule has 0 amide bonds. The van der Waals surface area contributed by atoms with Crippen LogP contribution in [0, 0.1) is 0 Å². The van der Waals surface area contributed by atoms with Gasteiger partial charge in [0.05, 0.1) is 21.3 Å². The number of phenolic OH excluding ortho intramolecular Hbond substituents is 1. The zero-order valence-electron chi connectivity index (χ0n) is 18.7. The van der Waals surface area contributed by atoms with E-state index >= 15 is 0 Å². The number of allylic oxidation sites excluding steroid dienone is 1. The summed E-state index contributed by atoms with van der Waals surface area (Å²) in [5.74, 6) is 2.16. The third-order valence-electron chi connectivity index (χ3n) is 4.83. The summed E-state index contributed by atoms with van der Waals surface area (Å²) < 4.78 is 15.9. The summed E-state index contributed by atoms with van der Waals surface area (Å²) in [6.07, 6.45) is 2.23. The summed E-state index contributed by atoms with van der Waals surface area (Å²) in [5.41, 5.74) is 3.28. The molecule has 30 heavy (non-hydrogen) atoms. The maximum atomic E-state index is 10.2. The minimum atomic E-state index is 0.194. The third kappa shape index (κ3) is 6.97. The van der Waals surface area contributed by atoms with Crippen molar-refractivity contribution in [2.24, 2.45) is 0 Å². The van der Waals surface area contributed by atoms with Gasteiger partial charge in [-0.1, -0.05) is 29.8 Å². The molecule has 0 bridgehead atoms. The lowest BCUT2D eigenvalue weighted by atomic mass is 10.1. The van der Waals surface area contributed by atoms with Crippen molar-refractivity contribution >= 4 is 0 Å². The van der Waals surface area contributed by atoms with Crippen molar-refractivity contribution in [1.82, 2.24) is 10.2 Å². The first-order valence-corrected chi connectivity index (χ1v) is 10.1. The number of ether oxygens (including phenoxy) is 3. The first-order chi connectivity index (χ1) is 14.5. The Bertz CT molecular complexity index is 832. The standard InChI is InChI=1S/C24H34N2O4/c1-18(2)11-13-26(17-19-9-10-21(28-3)23(15-19)30-5)14-12-25-16-20-7-6-8-22(29-4)24(20)27/h6-11,15,25,27H,12-14,16-17H2,1-5H3. The highest BCUT2D eigenvalue weighted by Gasteiger charge is 2.10. The van der Waals surface area contributed by atoms with Crippen molar-refractivity contribution in [3.8, 4) is 23.0 Å². The summed E-state index contributed by atoms with van der Waals surface area (Å²) >= 11 is 0. The minimum Gasteiger partial charge on any atom is -0.504 e. The van der Waals surface area contributed by atoms with Gasteiger partial charge in [-0.15, -0.1) is 0 Å². The molecule has 6 heteroatoms. The Morgan fingerprint density at radius 2 is 1.73 bits per heavy atom. The van der Waals surface area contributed by atoms with Gasteiger partial charge in [0, 0.05) is 38.3 Å². The summed E-state index contributed by atoms with van der Waals surface area (Å²) in [5, 5.41) is 13.6. The Balaban J connectivity index is 1.97. The van der Waals surface area contributed by atoms with Gasteiger partial charge in [0.2, 0.25) is 0 Å². The van der Waals surface area contributed by atoms with Gasteiger partial charge in [-0.05, 0) is 37.6 Å². The van der Waals surface area contributed by atoms with Crippen LogP contribution in [0.5, 0.6) is 23.0 Å². The van der Waals surface area contributed by atoms with E-state index in [1.165, 1.54) is 11.1 Å². The number of phenols is 1. The number of methoxy groups -OCH3 is 3. The first-order valence-electron chi connectivity index (χ1n) is 10.1. The van der Waals surface area contributed by atoms with Gasteiger partial charge in [0.25, 0.3) is 0 Å². The van der Waals surface area contributed by atoms with Crippen molar-refractivity contribution in [2.75, 3.05) is 41.0 Å². The molecule has 0 spiro atoms. The maximum Gasteiger partial charge on any atom is 0.162 e. The van der Waals surface area contributed by atoms with E-state index in [4.69, 9.17) is 14.2 Å². The molecular formula is C24H34N2O4. The Labute approximate surface area is 180 Å². The van der Waals surface area contributed by atoms with Crippen LogP contribution in [0.4, 0.5) is 0 Å². The first kappa shape index (κ1) is 23.6. The number of nitrogens with one attached hydrogen (secondary N) is 1. The monoisotopic (exact) mass is 414 g/mol. The van der Waals surface area contributed by atoms with Crippen molar-refractivity contribution in [3.05, 3.63) is 59.2 Å². The lowest BCUT2D eigenvalue weighted by molar-refractivity contribution is 0.290. The van der Waals surface area contributed by atoms with Gasteiger partial charge < -0.3 is 24.6 Å². The molecule has 2 aromatic carbocycles. The Hall–Kier alpha value is -2.70. The van der Waals surface area contributed by atoms with Crippen LogP contribution >= 0.6 is 0 Å². The molecule has 0 saturated carbocycles. The van der Waals surface area contributed by atoms with Gasteiger partial charge in [-0.3, -0.25) is 4.90 Å². The van der Waals surface area contributed by atoms with Crippen LogP contribution in [0.3, 0.4) is 0 Å². The number of rotatable bonds is 12. The molecule has 0 atom stereocenters. The van der Waals surface area contributed by atoms with E-state index in [9.17, 15) is 5.11 Å². The van der Waals surface area contributed by atoms with Crippen molar-refractivity contribution in [2.45, 2.75) is 26.9 Å². The van der Waals surface area contributed by atoms with Crippen LogP contribution < -0.4 is 19.5 Å². The predicted molar refractivity (Wildman–Crippen MR) is 121 cm³/mol. The Kier molecular flexibility index (Phi) is 9.51. The number of aromatic hydroxyl groups is 1. The highest BCUT2D eigenvalue weighted by Crippen LogP contribution is 2.29. The van der Waals surface area contributed by atoms with E-state index < -0.39 is 0 Å². The quantitative estimate of drug-likeness (QED) is 0.405. The van der Waals surface area contributed by atoms with Gasteiger partial charge in [-0.25, -0.2) is 0 Å². The lowest BCUT2D eigenvalue weighted by Gasteiger charge is -2.22. The second-order valence-electron chi connectivity index (χ2n) is 7.35. The second-order valence-corrected chi connectivity index (χ2v) is 7.35. The predicted octanol–water partition coefficient (Wildman–Crippen LogP) is 3.98. The normalized spacial score (nSPS) is 10.7. The van der Waals surface area contributed by atoms with Crippen LogP contribution in [-0.2, 0) is 13.1 Å². The van der Waals surface area contributed by atoms with Gasteiger partial charge in [0.15, 0.2) is 23.0 Å². The topological polar surface area (TPSA) is 63.2 Å². The van der Waals surface area contributed by atoms with Gasteiger partial charge >= 0.3 is 0 Å². The SMILES string of the molecule is COc1ccc(CN(CC=C(C)C)CCNCc2cccc(OC)c2O)cc1OC. The van der Waals surface area contributed by atoms with E-state index in [0.29, 0.717) is 12.3 Å². The molecule has 0 aliphatic carbocycles. The van der Waals surface area contributed by atoms with E-state index in [0.717, 1.165) is 43.2 Å². The largest absolute Gasteiger partial charge is 0.504 e. The zero-order chi connectivity index (χ0) is 21.9. The number of hydrogen-bond donors (Lipinski definition) is 2. The Morgan fingerprint density at radius 1 is 1.00 bits per heavy atom. The number of benzene rings is 2. The fraction of sp³-hybridized carbons (Fsp3) is 0.417. The average molecular weight is 415 g/mol. The fourth-order valence-electron chi connectivity index (χ4n) is 3.12. The van der Waals surface area contributed by atoms with E-state index in [1.54, 1.807) is 27.4 Å². The molecular weight excluding hydrogens is 380 g/mol. The molecule has 0 aliphatic rings. The van der Waals surface area contributed by atoms with Gasteiger partial charge in [-0.2, -0.15) is 0 Å². The van der Waals surface area contributed by atoms with Crippen molar-refractivity contribution < 1.29 is 19.3 Å². The second kappa shape index (κ2) is 12.1. The fourth-order valence-corrected chi connectivity index (χ4v) is 3.12. The van der Waals surface area contributed by atoms with Crippen LogP contribution in [0.1, 0.15) is 25.0 Å². The molecule has 2 N–H and O–H groups in total. The number of para-hydroxylation sites is 1. The van der Waals surface area contributed by atoms with Crippen LogP contribution in [-0.4, -0.2) is 51.0 Å². The van der Waals surface area contributed by atoms with Crippen molar-refractivity contribution in [3.63, 3.8) is 0 Å². The summed E-state index contributed by atoms with van der Waals surface area (Å²) in [6.45, 7) is 8.12. The molecule has 0 aliphatic heterocycles. The molecule has 0 aromatic heterocycles.